The second-order valence-corrected chi connectivity index (χ2v) is 4.93. The lowest BCUT2D eigenvalue weighted by atomic mass is 9.86. The van der Waals surface area contributed by atoms with Crippen molar-refractivity contribution in [1.82, 2.24) is 0 Å². The first-order valence-corrected chi connectivity index (χ1v) is 6.01. The van der Waals surface area contributed by atoms with Crippen molar-refractivity contribution in [2.45, 2.75) is 46.0 Å². The Morgan fingerprint density at radius 2 is 1.65 bits per heavy atom. The summed E-state index contributed by atoms with van der Waals surface area (Å²) >= 11 is 0. The first-order valence-electron chi connectivity index (χ1n) is 6.01. The Kier molecular flexibility index (Phi) is 4.45. The first-order chi connectivity index (χ1) is 8.01. The largest absolute Gasteiger partial charge is 0.303 e. The van der Waals surface area contributed by atoms with Crippen molar-refractivity contribution < 1.29 is 4.79 Å². The van der Waals surface area contributed by atoms with Gasteiger partial charge in [0.25, 0.3) is 0 Å². The molecule has 17 heavy (non-hydrogen) atoms. The summed E-state index contributed by atoms with van der Waals surface area (Å²) in [6.45, 7) is 8.37. The van der Waals surface area contributed by atoms with E-state index < -0.39 is 0 Å². The maximum absolute atomic E-state index is 10.8. The van der Waals surface area contributed by atoms with E-state index in [1.807, 2.05) is 12.1 Å². The highest BCUT2D eigenvalue weighted by atomic mass is 16.1. The fraction of sp³-hybridized carbons (Fsp3) is 0.467. The number of hydrogen-bond donors (Lipinski definition) is 0. The SMILES string of the molecule is CC(C)c1cc(C#N)cc(C(C)C)c1CC=O. The Morgan fingerprint density at radius 3 is 1.94 bits per heavy atom. The van der Waals surface area contributed by atoms with Crippen LogP contribution in [0.15, 0.2) is 12.1 Å². The molecule has 1 aromatic carbocycles. The fourth-order valence-electron chi connectivity index (χ4n) is 2.13. The molecule has 0 heterocycles. The second kappa shape index (κ2) is 5.63. The molecule has 0 unspecified atom stereocenters. The van der Waals surface area contributed by atoms with Crippen LogP contribution in [0.2, 0.25) is 0 Å². The van der Waals surface area contributed by atoms with Gasteiger partial charge in [-0.05, 0) is 40.7 Å². The van der Waals surface area contributed by atoms with E-state index in [9.17, 15) is 4.79 Å². The summed E-state index contributed by atoms with van der Waals surface area (Å²) in [4.78, 5) is 10.8. The Bertz CT molecular complexity index is 423. The molecular formula is C15H19NO. The van der Waals surface area contributed by atoms with Crippen molar-refractivity contribution in [2.75, 3.05) is 0 Å². The van der Waals surface area contributed by atoms with Gasteiger partial charge in [-0.2, -0.15) is 5.26 Å². The maximum atomic E-state index is 10.8. The summed E-state index contributed by atoms with van der Waals surface area (Å²) < 4.78 is 0. The lowest BCUT2D eigenvalue weighted by Crippen LogP contribution is -2.05. The average molecular weight is 229 g/mol. The van der Waals surface area contributed by atoms with Crippen LogP contribution in [0.4, 0.5) is 0 Å². The number of nitriles is 1. The van der Waals surface area contributed by atoms with Crippen LogP contribution in [0.1, 0.15) is 61.8 Å². The molecule has 0 aliphatic carbocycles. The quantitative estimate of drug-likeness (QED) is 0.741. The van der Waals surface area contributed by atoms with E-state index in [1.54, 1.807) is 0 Å². The van der Waals surface area contributed by atoms with E-state index in [2.05, 4.69) is 33.8 Å². The van der Waals surface area contributed by atoms with Crippen molar-refractivity contribution in [3.05, 3.63) is 34.4 Å². The molecule has 0 amide bonds. The van der Waals surface area contributed by atoms with Crippen LogP contribution in [-0.4, -0.2) is 6.29 Å². The van der Waals surface area contributed by atoms with Crippen LogP contribution in [0.25, 0.3) is 0 Å². The van der Waals surface area contributed by atoms with Gasteiger partial charge in [-0.25, -0.2) is 0 Å². The van der Waals surface area contributed by atoms with E-state index in [0.717, 1.165) is 23.0 Å². The first kappa shape index (κ1) is 13.4. The van der Waals surface area contributed by atoms with Crippen LogP contribution in [0.3, 0.4) is 0 Å². The predicted molar refractivity (Wildman–Crippen MR) is 69.1 cm³/mol. The molecule has 0 atom stereocenters. The normalized spacial score (nSPS) is 10.6. The average Bonchev–Trinajstić information content (AvgIpc) is 2.28. The van der Waals surface area contributed by atoms with E-state index in [-0.39, 0.29) is 0 Å². The molecule has 2 nitrogen and oxygen atoms in total. The molecule has 0 N–H and O–H groups in total. The summed E-state index contributed by atoms with van der Waals surface area (Å²) in [7, 11) is 0. The zero-order valence-electron chi connectivity index (χ0n) is 10.9. The number of nitrogens with zero attached hydrogens (tertiary/aromatic N) is 1. The van der Waals surface area contributed by atoms with Crippen molar-refractivity contribution in [2.24, 2.45) is 0 Å². The van der Waals surface area contributed by atoms with E-state index in [4.69, 9.17) is 5.26 Å². The van der Waals surface area contributed by atoms with Gasteiger partial charge in [-0.3, -0.25) is 0 Å². The summed E-state index contributed by atoms with van der Waals surface area (Å²) in [5.74, 6) is 0.659. The summed E-state index contributed by atoms with van der Waals surface area (Å²) in [6.07, 6.45) is 1.38. The van der Waals surface area contributed by atoms with Crippen LogP contribution in [0, 0.1) is 11.3 Å². The number of hydrogen-bond acceptors (Lipinski definition) is 2. The van der Waals surface area contributed by atoms with Gasteiger partial charge < -0.3 is 4.79 Å². The van der Waals surface area contributed by atoms with Crippen LogP contribution < -0.4 is 0 Å². The molecule has 0 saturated carbocycles. The monoisotopic (exact) mass is 229 g/mol. The molecule has 0 fully saturated rings. The van der Waals surface area contributed by atoms with Gasteiger partial charge in [0.15, 0.2) is 0 Å². The number of benzene rings is 1. The molecular weight excluding hydrogens is 210 g/mol. The molecule has 1 rings (SSSR count). The molecule has 0 aromatic heterocycles. The van der Waals surface area contributed by atoms with Crippen LogP contribution in [0.5, 0.6) is 0 Å². The predicted octanol–water partition coefficient (Wildman–Crippen LogP) is 3.55. The third-order valence-electron chi connectivity index (χ3n) is 2.98. The number of carbonyl (C=O) groups excluding carboxylic acids is 1. The number of rotatable bonds is 4. The Balaban J connectivity index is 3.50. The Hall–Kier alpha value is -1.62. The summed E-state index contributed by atoms with van der Waals surface area (Å²) in [5, 5.41) is 9.05. The molecule has 2 heteroatoms. The highest BCUT2D eigenvalue weighted by Gasteiger charge is 2.15. The van der Waals surface area contributed by atoms with Gasteiger partial charge in [-0.1, -0.05) is 27.7 Å². The summed E-state index contributed by atoms with van der Waals surface area (Å²) in [5.41, 5.74) is 4.04. The Morgan fingerprint density at radius 1 is 1.18 bits per heavy atom. The minimum atomic E-state index is 0.329. The third-order valence-corrected chi connectivity index (χ3v) is 2.98. The third kappa shape index (κ3) is 2.94. The van der Waals surface area contributed by atoms with Gasteiger partial charge in [0.2, 0.25) is 0 Å². The van der Waals surface area contributed by atoms with E-state index in [1.165, 1.54) is 0 Å². The molecule has 0 spiro atoms. The van der Waals surface area contributed by atoms with Crippen molar-refractivity contribution >= 4 is 6.29 Å². The van der Waals surface area contributed by atoms with Gasteiger partial charge in [-0.15, -0.1) is 0 Å². The molecule has 90 valence electrons. The van der Waals surface area contributed by atoms with Gasteiger partial charge >= 0.3 is 0 Å². The zero-order chi connectivity index (χ0) is 13.0. The zero-order valence-corrected chi connectivity index (χ0v) is 10.9. The number of carbonyl (C=O) groups is 1. The summed E-state index contributed by atoms with van der Waals surface area (Å²) in [6, 6.07) is 6.02. The van der Waals surface area contributed by atoms with Crippen LogP contribution >= 0.6 is 0 Å². The highest BCUT2D eigenvalue weighted by molar-refractivity contribution is 5.60. The molecule has 0 bridgehead atoms. The van der Waals surface area contributed by atoms with E-state index in [0.29, 0.717) is 23.8 Å². The standard InChI is InChI=1S/C15H19NO/c1-10(2)14-7-12(9-16)8-15(11(3)4)13(14)5-6-17/h6-8,10-11H,5H2,1-4H3. The Labute approximate surface area is 103 Å². The van der Waals surface area contributed by atoms with Crippen molar-refractivity contribution in [3.63, 3.8) is 0 Å². The van der Waals surface area contributed by atoms with Gasteiger partial charge in [0.1, 0.15) is 6.29 Å². The minimum absolute atomic E-state index is 0.329. The van der Waals surface area contributed by atoms with E-state index >= 15 is 0 Å². The second-order valence-electron chi connectivity index (χ2n) is 4.93. The molecule has 0 saturated heterocycles. The lowest BCUT2D eigenvalue weighted by Gasteiger charge is -2.18. The maximum Gasteiger partial charge on any atom is 0.124 e. The smallest absolute Gasteiger partial charge is 0.124 e. The van der Waals surface area contributed by atoms with Crippen molar-refractivity contribution in [3.8, 4) is 6.07 Å². The van der Waals surface area contributed by atoms with Gasteiger partial charge in [0, 0.05) is 6.42 Å². The fourth-order valence-corrected chi connectivity index (χ4v) is 2.13. The molecule has 0 radical (unpaired) electrons. The molecule has 0 aliphatic heterocycles. The van der Waals surface area contributed by atoms with Crippen molar-refractivity contribution in [1.29, 1.82) is 5.26 Å². The number of aldehydes is 1. The highest BCUT2D eigenvalue weighted by Crippen LogP contribution is 2.29. The topological polar surface area (TPSA) is 40.9 Å². The molecule has 1 aromatic rings. The van der Waals surface area contributed by atoms with Crippen LogP contribution in [-0.2, 0) is 11.2 Å². The molecule has 0 aliphatic rings. The minimum Gasteiger partial charge on any atom is -0.303 e. The lowest BCUT2D eigenvalue weighted by molar-refractivity contribution is -0.107. The van der Waals surface area contributed by atoms with Gasteiger partial charge in [0.05, 0.1) is 11.6 Å².